The van der Waals surface area contributed by atoms with Crippen LogP contribution in [0.15, 0.2) is 59.5 Å². The number of benzene rings is 2. The molecule has 0 unspecified atom stereocenters. The minimum absolute atomic E-state index is 0.338. The van der Waals surface area contributed by atoms with Gasteiger partial charge in [0, 0.05) is 22.2 Å². The molecule has 26 heavy (non-hydrogen) atoms. The summed E-state index contributed by atoms with van der Waals surface area (Å²) in [6, 6.07) is 13.7. The van der Waals surface area contributed by atoms with Gasteiger partial charge in [-0.2, -0.15) is 0 Å². The predicted molar refractivity (Wildman–Crippen MR) is 102 cm³/mol. The van der Waals surface area contributed by atoms with Crippen molar-refractivity contribution in [1.82, 2.24) is 0 Å². The number of thioether (sulfide) groups is 1. The molecule has 0 bridgehead atoms. The molecule has 0 spiro atoms. The summed E-state index contributed by atoms with van der Waals surface area (Å²) in [4.78, 5) is 35.6. The van der Waals surface area contributed by atoms with Crippen LogP contribution in [0.25, 0.3) is 6.08 Å². The lowest BCUT2D eigenvalue weighted by molar-refractivity contribution is -0.142. The Bertz CT molecular complexity index is 814. The number of carbonyl (C=O) groups excluding carboxylic acids is 3. The van der Waals surface area contributed by atoms with Gasteiger partial charge in [-0.1, -0.05) is 12.1 Å². The van der Waals surface area contributed by atoms with Gasteiger partial charge in [0.05, 0.1) is 0 Å². The molecule has 6 nitrogen and oxygen atoms in total. The summed E-state index contributed by atoms with van der Waals surface area (Å²) in [7, 11) is 0. The van der Waals surface area contributed by atoms with E-state index in [-0.39, 0.29) is 0 Å². The van der Waals surface area contributed by atoms with E-state index in [0.29, 0.717) is 11.3 Å². The highest BCUT2D eigenvalue weighted by molar-refractivity contribution is 7.98. The summed E-state index contributed by atoms with van der Waals surface area (Å²) < 4.78 is 4.89. The quantitative estimate of drug-likeness (QED) is 0.444. The normalized spacial score (nSPS) is 10.5. The first-order valence-electron chi connectivity index (χ1n) is 7.66. The minimum Gasteiger partial charge on any atom is -0.452 e. The molecule has 2 aromatic rings. The Kier molecular flexibility index (Phi) is 6.99. The van der Waals surface area contributed by atoms with Crippen LogP contribution < -0.4 is 11.1 Å². The summed E-state index contributed by atoms with van der Waals surface area (Å²) in [6.45, 7) is -0.411. The lowest BCUT2D eigenvalue weighted by atomic mass is 10.2. The molecule has 0 aliphatic carbocycles. The van der Waals surface area contributed by atoms with Crippen molar-refractivity contribution in [3.05, 3.63) is 65.7 Å². The summed E-state index contributed by atoms with van der Waals surface area (Å²) in [5.41, 5.74) is 6.81. The minimum atomic E-state index is -0.613. The van der Waals surface area contributed by atoms with Crippen LogP contribution >= 0.6 is 11.8 Å². The maximum atomic E-state index is 11.8. The summed E-state index contributed by atoms with van der Waals surface area (Å²) >= 11 is 1.63. The average molecular weight is 370 g/mol. The number of rotatable bonds is 7. The second-order valence-corrected chi connectivity index (χ2v) is 6.08. The Hall–Kier alpha value is -3.06. The Morgan fingerprint density at radius 1 is 1.08 bits per heavy atom. The van der Waals surface area contributed by atoms with Crippen molar-refractivity contribution < 1.29 is 19.1 Å². The van der Waals surface area contributed by atoms with Crippen LogP contribution in [0.5, 0.6) is 0 Å². The van der Waals surface area contributed by atoms with E-state index in [1.54, 1.807) is 17.8 Å². The molecule has 0 saturated heterocycles. The van der Waals surface area contributed by atoms with Gasteiger partial charge < -0.3 is 15.8 Å². The molecule has 0 atom stereocenters. The van der Waals surface area contributed by atoms with Crippen LogP contribution in [-0.2, 0) is 14.3 Å². The van der Waals surface area contributed by atoms with Crippen molar-refractivity contribution in [2.24, 2.45) is 5.73 Å². The number of amides is 2. The number of ether oxygens (including phenoxy) is 1. The lowest BCUT2D eigenvalue weighted by Gasteiger charge is -2.06. The van der Waals surface area contributed by atoms with Crippen LogP contribution in [0.2, 0.25) is 0 Å². The standard InChI is InChI=1S/C19H18N2O4S/c1-26-16-9-2-13(3-10-16)4-11-18(23)25-12-17(22)21-15-7-5-14(6-8-15)19(20)24/h2-11H,12H2,1H3,(H2,20,24)(H,21,22)/b11-4+. The van der Waals surface area contributed by atoms with Gasteiger partial charge in [-0.3, -0.25) is 9.59 Å². The fourth-order valence-electron chi connectivity index (χ4n) is 1.98. The first-order valence-corrected chi connectivity index (χ1v) is 8.89. The zero-order valence-corrected chi connectivity index (χ0v) is 14.9. The van der Waals surface area contributed by atoms with Crippen molar-refractivity contribution in [2.75, 3.05) is 18.2 Å². The third kappa shape index (κ3) is 6.10. The Labute approximate surface area is 155 Å². The van der Waals surface area contributed by atoms with Gasteiger partial charge in [0.15, 0.2) is 6.61 Å². The van der Waals surface area contributed by atoms with E-state index in [1.807, 2.05) is 30.5 Å². The van der Waals surface area contributed by atoms with E-state index in [9.17, 15) is 14.4 Å². The number of esters is 1. The average Bonchev–Trinajstić information content (AvgIpc) is 2.65. The first kappa shape index (κ1) is 19.3. The van der Waals surface area contributed by atoms with Crippen LogP contribution in [0, 0.1) is 0 Å². The molecule has 3 N–H and O–H groups in total. The third-order valence-electron chi connectivity index (χ3n) is 3.33. The highest BCUT2D eigenvalue weighted by Crippen LogP contribution is 2.15. The monoisotopic (exact) mass is 370 g/mol. The maximum absolute atomic E-state index is 11.8. The SMILES string of the molecule is CSc1ccc(/C=C/C(=O)OCC(=O)Nc2ccc(C(N)=O)cc2)cc1. The molecule has 0 saturated carbocycles. The highest BCUT2D eigenvalue weighted by atomic mass is 32.2. The zero-order valence-electron chi connectivity index (χ0n) is 14.1. The number of hydrogen-bond acceptors (Lipinski definition) is 5. The Morgan fingerprint density at radius 2 is 1.73 bits per heavy atom. The third-order valence-corrected chi connectivity index (χ3v) is 4.07. The molecule has 0 heterocycles. The molecular formula is C19H18N2O4S. The van der Waals surface area contributed by atoms with Gasteiger partial charge in [0.1, 0.15) is 0 Å². The van der Waals surface area contributed by atoms with E-state index in [1.165, 1.54) is 30.3 Å². The molecule has 0 aliphatic heterocycles. The molecule has 2 rings (SSSR count). The predicted octanol–water partition coefficient (Wildman–Crippen LogP) is 2.70. The molecular weight excluding hydrogens is 352 g/mol. The number of hydrogen-bond donors (Lipinski definition) is 2. The molecule has 0 radical (unpaired) electrons. The number of nitrogens with one attached hydrogen (secondary N) is 1. The van der Waals surface area contributed by atoms with Crippen LogP contribution in [0.4, 0.5) is 5.69 Å². The summed E-state index contributed by atoms with van der Waals surface area (Å²) in [5.74, 6) is -1.65. The maximum Gasteiger partial charge on any atom is 0.331 e. The lowest BCUT2D eigenvalue weighted by Crippen LogP contribution is -2.20. The highest BCUT2D eigenvalue weighted by Gasteiger charge is 2.06. The first-order chi connectivity index (χ1) is 12.5. The Morgan fingerprint density at radius 3 is 2.31 bits per heavy atom. The van der Waals surface area contributed by atoms with Crippen molar-refractivity contribution >= 4 is 41.3 Å². The fraction of sp³-hybridized carbons (Fsp3) is 0.105. The second-order valence-electron chi connectivity index (χ2n) is 5.20. The smallest absolute Gasteiger partial charge is 0.331 e. The van der Waals surface area contributed by atoms with Crippen molar-refractivity contribution in [3.8, 4) is 0 Å². The molecule has 0 fully saturated rings. The van der Waals surface area contributed by atoms with E-state index >= 15 is 0 Å². The van der Waals surface area contributed by atoms with E-state index in [0.717, 1.165) is 10.5 Å². The van der Waals surface area contributed by atoms with Gasteiger partial charge in [-0.15, -0.1) is 11.8 Å². The summed E-state index contributed by atoms with van der Waals surface area (Å²) in [6.07, 6.45) is 4.87. The molecule has 0 aromatic heterocycles. The molecule has 2 aromatic carbocycles. The van der Waals surface area contributed by atoms with Gasteiger partial charge in [0.2, 0.25) is 5.91 Å². The van der Waals surface area contributed by atoms with Crippen LogP contribution in [0.3, 0.4) is 0 Å². The fourth-order valence-corrected chi connectivity index (χ4v) is 2.39. The molecule has 134 valence electrons. The van der Waals surface area contributed by atoms with E-state index < -0.39 is 24.4 Å². The zero-order chi connectivity index (χ0) is 18.9. The number of carbonyl (C=O) groups is 3. The topological polar surface area (TPSA) is 98.5 Å². The second kappa shape index (κ2) is 9.43. The van der Waals surface area contributed by atoms with Gasteiger partial charge in [0.25, 0.3) is 5.91 Å². The van der Waals surface area contributed by atoms with Gasteiger partial charge in [-0.25, -0.2) is 4.79 Å². The molecule has 7 heteroatoms. The molecule has 0 aliphatic rings. The van der Waals surface area contributed by atoms with E-state index in [2.05, 4.69) is 5.32 Å². The number of anilines is 1. The van der Waals surface area contributed by atoms with Gasteiger partial charge >= 0.3 is 5.97 Å². The largest absolute Gasteiger partial charge is 0.452 e. The number of primary amides is 1. The van der Waals surface area contributed by atoms with E-state index in [4.69, 9.17) is 10.5 Å². The number of nitrogens with two attached hydrogens (primary N) is 1. The van der Waals surface area contributed by atoms with Crippen molar-refractivity contribution in [2.45, 2.75) is 4.90 Å². The van der Waals surface area contributed by atoms with Crippen LogP contribution in [0.1, 0.15) is 15.9 Å². The van der Waals surface area contributed by atoms with Gasteiger partial charge in [-0.05, 0) is 54.3 Å². The van der Waals surface area contributed by atoms with Crippen LogP contribution in [-0.4, -0.2) is 30.6 Å². The van der Waals surface area contributed by atoms with Crippen molar-refractivity contribution in [3.63, 3.8) is 0 Å². The molecule has 2 amide bonds. The Balaban J connectivity index is 1.79. The van der Waals surface area contributed by atoms with Crippen molar-refractivity contribution in [1.29, 1.82) is 0 Å². The summed E-state index contributed by atoms with van der Waals surface area (Å²) in [5, 5.41) is 2.56.